The van der Waals surface area contributed by atoms with Crippen molar-refractivity contribution < 1.29 is 13.3 Å². The smallest absolute Gasteiger partial charge is 0.371 e. The van der Waals surface area contributed by atoms with Crippen LogP contribution in [0.15, 0.2) is 30.3 Å². The Morgan fingerprint density at radius 1 is 0.815 bits per heavy atom. The van der Waals surface area contributed by atoms with Crippen LogP contribution in [0.4, 0.5) is 0 Å². The first-order chi connectivity index (χ1) is 12.6. The Bertz CT molecular complexity index is 497. The maximum absolute atomic E-state index is 6.51. The molecule has 3 N–H and O–H groups in total. The quantitative estimate of drug-likeness (QED) is 0.411. The van der Waals surface area contributed by atoms with Gasteiger partial charge in [-0.2, -0.15) is 0 Å². The Morgan fingerprint density at radius 2 is 1.26 bits per heavy atom. The van der Waals surface area contributed by atoms with Gasteiger partial charge in [0.25, 0.3) is 0 Å². The summed E-state index contributed by atoms with van der Waals surface area (Å²) in [5.41, 5.74) is 7.33. The van der Waals surface area contributed by atoms with E-state index in [9.17, 15) is 0 Å². The van der Waals surface area contributed by atoms with Gasteiger partial charge in [-0.25, -0.2) is 0 Å². The van der Waals surface area contributed by atoms with Crippen molar-refractivity contribution in [1.29, 1.82) is 0 Å². The van der Waals surface area contributed by atoms with E-state index >= 15 is 0 Å². The fourth-order valence-corrected chi connectivity index (χ4v) is 7.19. The molecule has 0 saturated heterocycles. The lowest BCUT2D eigenvalue weighted by Crippen LogP contribution is -2.60. The van der Waals surface area contributed by atoms with Crippen LogP contribution in [0.1, 0.15) is 61.0 Å². The van der Waals surface area contributed by atoms with Gasteiger partial charge in [0, 0.05) is 29.9 Å². The average molecular weight is 397 g/mol. The Balaban J connectivity index is 3.38. The summed E-state index contributed by atoms with van der Waals surface area (Å²) in [4.78, 5) is 0. The van der Waals surface area contributed by atoms with Crippen molar-refractivity contribution in [3.8, 4) is 0 Å². The molecule has 0 saturated carbocycles. The lowest BCUT2D eigenvalue weighted by Gasteiger charge is -2.42. The lowest BCUT2D eigenvalue weighted by molar-refractivity contribution is -0.00796. The van der Waals surface area contributed by atoms with Crippen molar-refractivity contribution in [3.05, 3.63) is 35.9 Å². The molecule has 6 heteroatoms. The van der Waals surface area contributed by atoms with Gasteiger partial charge in [-0.1, -0.05) is 30.3 Å². The fourth-order valence-electron chi connectivity index (χ4n) is 3.34. The van der Waals surface area contributed by atoms with Crippen LogP contribution in [0.2, 0.25) is 5.54 Å². The topological polar surface area (TPSA) is 65.7 Å². The van der Waals surface area contributed by atoms with Gasteiger partial charge in [-0.15, -0.1) is 0 Å². The number of rotatable bonds is 12. The Labute approximate surface area is 167 Å². The number of nitrogens with one attached hydrogen (secondary N) is 1. The van der Waals surface area contributed by atoms with Gasteiger partial charge < -0.3 is 19.0 Å². The maximum atomic E-state index is 6.51. The Hall–Kier alpha value is -0.763. The van der Waals surface area contributed by atoms with E-state index in [0.717, 1.165) is 6.42 Å². The van der Waals surface area contributed by atoms with Gasteiger partial charge in [0.1, 0.15) is 0 Å². The largest absolute Gasteiger partial charge is 0.506 e. The molecule has 27 heavy (non-hydrogen) atoms. The molecule has 1 aromatic carbocycles. The second-order valence-corrected chi connectivity index (χ2v) is 10.8. The van der Waals surface area contributed by atoms with E-state index < -0.39 is 8.80 Å². The highest BCUT2D eigenvalue weighted by molar-refractivity contribution is 6.62. The van der Waals surface area contributed by atoms with E-state index in [2.05, 4.69) is 36.5 Å². The second kappa shape index (κ2) is 11.3. The molecule has 0 aliphatic heterocycles. The van der Waals surface area contributed by atoms with E-state index in [1.165, 1.54) is 5.56 Å². The lowest BCUT2D eigenvalue weighted by atomic mass is 10.1. The van der Waals surface area contributed by atoms with Gasteiger partial charge in [0.15, 0.2) is 0 Å². The monoisotopic (exact) mass is 396 g/mol. The molecular formula is C21H40N2O3Si. The van der Waals surface area contributed by atoms with Crippen LogP contribution in [0.5, 0.6) is 0 Å². The molecule has 0 aliphatic carbocycles. The number of hydrogen-bond donors (Lipinski definition) is 2. The summed E-state index contributed by atoms with van der Waals surface area (Å²) in [6.45, 7) is 16.3. The van der Waals surface area contributed by atoms with Crippen LogP contribution in [-0.4, -0.2) is 39.3 Å². The van der Waals surface area contributed by atoms with E-state index in [1.54, 1.807) is 0 Å². The third kappa shape index (κ3) is 8.42. The normalized spacial score (nSPS) is 16.1. The number of nitrogens with two attached hydrogens (primary N) is 1. The molecule has 0 amide bonds. The van der Waals surface area contributed by atoms with Crippen molar-refractivity contribution in [1.82, 2.24) is 5.32 Å². The zero-order valence-electron chi connectivity index (χ0n) is 18.4. The summed E-state index contributed by atoms with van der Waals surface area (Å²) in [6.07, 6.45) is 0.710. The van der Waals surface area contributed by atoms with Crippen molar-refractivity contribution >= 4 is 8.80 Å². The van der Waals surface area contributed by atoms with E-state index in [1.807, 2.05) is 54.5 Å². The summed E-state index contributed by atoms with van der Waals surface area (Å²) in [7, 11) is -3.04. The molecule has 0 aliphatic rings. The highest BCUT2D eigenvalue weighted by atomic mass is 28.4. The Kier molecular flexibility index (Phi) is 10.2. The first-order valence-corrected chi connectivity index (χ1v) is 11.9. The van der Waals surface area contributed by atoms with Gasteiger partial charge >= 0.3 is 8.80 Å². The minimum atomic E-state index is -3.04. The van der Waals surface area contributed by atoms with E-state index in [-0.39, 0.29) is 36.1 Å². The minimum absolute atomic E-state index is 0.00920. The minimum Gasteiger partial charge on any atom is -0.371 e. The predicted octanol–water partition coefficient (Wildman–Crippen LogP) is 4.10. The van der Waals surface area contributed by atoms with Crippen LogP contribution in [0.25, 0.3) is 0 Å². The first kappa shape index (κ1) is 24.3. The van der Waals surface area contributed by atoms with Gasteiger partial charge in [0.05, 0.1) is 6.17 Å². The summed E-state index contributed by atoms with van der Waals surface area (Å²) >= 11 is 0. The summed E-state index contributed by atoms with van der Waals surface area (Å²) in [5.74, 6) is 0. The summed E-state index contributed by atoms with van der Waals surface area (Å²) in [5, 5.41) is 3.46. The maximum Gasteiger partial charge on any atom is 0.506 e. The summed E-state index contributed by atoms with van der Waals surface area (Å²) in [6, 6.07) is 10.5. The van der Waals surface area contributed by atoms with Gasteiger partial charge in [-0.3, -0.25) is 5.32 Å². The van der Waals surface area contributed by atoms with Crippen LogP contribution in [-0.2, 0) is 19.7 Å². The van der Waals surface area contributed by atoms with E-state index in [0.29, 0.717) is 0 Å². The predicted molar refractivity (Wildman–Crippen MR) is 115 cm³/mol. The number of benzene rings is 1. The summed E-state index contributed by atoms with van der Waals surface area (Å²) < 4.78 is 19.5. The molecule has 0 spiro atoms. The van der Waals surface area contributed by atoms with Crippen LogP contribution in [0, 0.1) is 0 Å². The molecule has 1 rings (SSSR count). The number of hydrogen-bond acceptors (Lipinski definition) is 5. The SMILES string of the molecule is CC(N)NC(C)C(Cc1ccccc1)[Si](OC(C)C)(OC(C)C)OC(C)C. The van der Waals surface area contributed by atoms with Crippen molar-refractivity contribution in [3.63, 3.8) is 0 Å². The molecular weight excluding hydrogens is 356 g/mol. The molecule has 1 aromatic rings. The van der Waals surface area contributed by atoms with Crippen LogP contribution < -0.4 is 11.1 Å². The first-order valence-electron chi connectivity index (χ1n) is 10.1. The fraction of sp³-hybridized carbons (Fsp3) is 0.714. The zero-order valence-corrected chi connectivity index (χ0v) is 19.4. The average Bonchev–Trinajstić information content (AvgIpc) is 2.50. The molecule has 0 bridgehead atoms. The third-order valence-corrected chi connectivity index (χ3v) is 8.09. The molecule has 0 aromatic heterocycles. The third-order valence-electron chi connectivity index (χ3n) is 4.08. The van der Waals surface area contributed by atoms with Gasteiger partial charge in [0.2, 0.25) is 0 Å². The molecule has 0 fully saturated rings. The molecule has 156 valence electrons. The Morgan fingerprint density at radius 3 is 1.63 bits per heavy atom. The van der Waals surface area contributed by atoms with Crippen LogP contribution >= 0.6 is 0 Å². The van der Waals surface area contributed by atoms with Crippen molar-refractivity contribution in [2.24, 2.45) is 5.73 Å². The van der Waals surface area contributed by atoms with Crippen molar-refractivity contribution in [2.45, 2.75) is 97.9 Å². The second-order valence-electron chi connectivity index (χ2n) is 8.14. The molecule has 3 atom stereocenters. The van der Waals surface area contributed by atoms with Gasteiger partial charge in [-0.05, 0) is 67.4 Å². The molecule has 3 unspecified atom stereocenters. The molecule has 5 nitrogen and oxygen atoms in total. The molecule has 0 heterocycles. The van der Waals surface area contributed by atoms with E-state index in [4.69, 9.17) is 19.0 Å². The van der Waals surface area contributed by atoms with Crippen molar-refractivity contribution in [2.75, 3.05) is 0 Å². The van der Waals surface area contributed by atoms with Crippen LogP contribution in [0.3, 0.4) is 0 Å². The highest BCUT2D eigenvalue weighted by Gasteiger charge is 2.54. The highest BCUT2D eigenvalue weighted by Crippen LogP contribution is 2.35. The standard InChI is InChI=1S/C21H40N2O3Si/c1-15(2)24-27(25-16(3)4,26-17(5)6)21(18(7)23-19(8)22)14-20-12-10-9-11-13-20/h9-13,15-19,21,23H,14,22H2,1-8H3. The zero-order chi connectivity index (χ0) is 20.6. The molecule has 0 radical (unpaired) electrons.